The van der Waals surface area contributed by atoms with Gasteiger partial charge in [0.25, 0.3) is 0 Å². The van der Waals surface area contributed by atoms with Gasteiger partial charge in [0.15, 0.2) is 0 Å². The first-order chi connectivity index (χ1) is 9.20. The van der Waals surface area contributed by atoms with Crippen LogP contribution in [0.1, 0.15) is 52.9 Å². The van der Waals surface area contributed by atoms with E-state index in [1.807, 2.05) is 0 Å². The Morgan fingerprint density at radius 2 is 2.16 bits per heavy atom. The maximum atomic E-state index is 5.88. The molecule has 0 aromatic heterocycles. The lowest BCUT2D eigenvalue weighted by molar-refractivity contribution is -0.00295. The molecule has 2 rings (SSSR count). The number of rotatable bonds is 5. The van der Waals surface area contributed by atoms with E-state index in [0.29, 0.717) is 18.2 Å². The summed E-state index contributed by atoms with van der Waals surface area (Å²) in [5.41, 5.74) is 0. The molecule has 0 radical (unpaired) electrons. The van der Waals surface area contributed by atoms with Crippen LogP contribution in [-0.2, 0) is 4.74 Å². The molecule has 3 nitrogen and oxygen atoms in total. The van der Waals surface area contributed by atoms with E-state index >= 15 is 0 Å². The van der Waals surface area contributed by atoms with Crippen LogP contribution in [0.3, 0.4) is 0 Å². The minimum absolute atomic E-state index is 0.525. The summed E-state index contributed by atoms with van der Waals surface area (Å²) in [5.74, 6) is 0.734. The van der Waals surface area contributed by atoms with Gasteiger partial charge in [-0.3, -0.25) is 4.90 Å². The van der Waals surface area contributed by atoms with Gasteiger partial charge in [0, 0.05) is 38.3 Å². The van der Waals surface area contributed by atoms with Crippen molar-refractivity contribution in [2.45, 2.75) is 71.1 Å². The van der Waals surface area contributed by atoms with Crippen molar-refractivity contribution in [1.82, 2.24) is 10.2 Å². The molecule has 3 atom stereocenters. The largest absolute Gasteiger partial charge is 0.378 e. The van der Waals surface area contributed by atoms with Crippen molar-refractivity contribution in [3.63, 3.8) is 0 Å². The second kappa shape index (κ2) is 7.61. The monoisotopic (exact) mass is 268 g/mol. The van der Waals surface area contributed by atoms with E-state index in [2.05, 4.69) is 31.0 Å². The summed E-state index contributed by atoms with van der Waals surface area (Å²) < 4.78 is 5.88. The van der Waals surface area contributed by atoms with Crippen LogP contribution in [0.5, 0.6) is 0 Å². The highest BCUT2D eigenvalue weighted by atomic mass is 16.5. The molecule has 0 amide bonds. The molecule has 0 saturated carbocycles. The van der Waals surface area contributed by atoms with Gasteiger partial charge < -0.3 is 10.1 Å². The van der Waals surface area contributed by atoms with E-state index in [1.54, 1.807) is 0 Å². The Balaban J connectivity index is 1.82. The summed E-state index contributed by atoms with van der Waals surface area (Å²) >= 11 is 0. The Bertz CT molecular complexity index is 251. The fourth-order valence-corrected chi connectivity index (χ4v) is 3.43. The molecule has 0 aliphatic carbocycles. The first-order valence-corrected chi connectivity index (χ1v) is 8.29. The molecule has 2 saturated heterocycles. The number of piperazine rings is 1. The Kier molecular flexibility index (Phi) is 6.11. The van der Waals surface area contributed by atoms with E-state index in [-0.39, 0.29) is 0 Å². The number of ether oxygens (including phenoxy) is 1. The number of hydrogen-bond acceptors (Lipinski definition) is 3. The second-order valence-corrected chi connectivity index (χ2v) is 6.60. The predicted octanol–water partition coefficient (Wildman–Crippen LogP) is 2.65. The average molecular weight is 268 g/mol. The summed E-state index contributed by atoms with van der Waals surface area (Å²) in [4.78, 5) is 2.72. The fourth-order valence-electron chi connectivity index (χ4n) is 3.43. The van der Waals surface area contributed by atoms with Crippen molar-refractivity contribution < 1.29 is 4.74 Å². The highest BCUT2D eigenvalue weighted by molar-refractivity contribution is 4.87. The second-order valence-electron chi connectivity index (χ2n) is 6.60. The number of nitrogens with one attached hydrogen (secondary N) is 1. The molecule has 112 valence electrons. The lowest BCUT2D eigenvalue weighted by Crippen LogP contribution is -2.58. The Labute approximate surface area is 119 Å². The normalized spacial score (nSPS) is 33.8. The fraction of sp³-hybridized carbons (Fsp3) is 1.00. The molecule has 0 aromatic rings. The van der Waals surface area contributed by atoms with E-state index in [0.717, 1.165) is 19.1 Å². The maximum Gasteiger partial charge on any atom is 0.0587 e. The molecule has 2 aliphatic heterocycles. The quantitative estimate of drug-likeness (QED) is 0.829. The van der Waals surface area contributed by atoms with E-state index in [4.69, 9.17) is 4.74 Å². The molecular weight excluding hydrogens is 236 g/mol. The van der Waals surface area contributed by atoms with Gasteiger partial charge in [0.1, 0.15) is 0 Å². The predicted molar refractivity (Wildman–Crippen MR) is 80.5 cm³/mol. The lowest BCUT2D eigenvalue weighted by Gasteiger charge is -2.43. The Morgan fingerprint density at radius 1 is 1.32 bits per heavy atom. The number of nitrogens with zero attached hydrogens (tertiary/aromatic N) is 1. The summed E-state index contributed by atoms with van der Waals surface area (Å²) in [6.45, 7) is 11.6. The maximum absolute atomic E-state index is 5.88. The Morgan fingerprint density at radius 3 is 2.79 bits per heavy atom. The van der Waals surface area contributed by atoms with Crippen LogP contribution in [0.25, 0.3) is 0 Å². The highest BCUT2D eigenvalue weighted by Crippen LogP contribution is 2.20. The van der Waals surface area contributed by atoms with Crippen LogP contribution in [0.4, 0.5) is 0 Å². The van der Waals surface area contributed by atoms with Crippen LogP contribution in [0.2, 0.25) is 0 Å². The molecule has 0 aromatic carbocycles. The first kappa shape index (κ1) is 15.3. The third-order valence-corrected chi connectivity index (χ3v) is 4.81. The van der Waals surface area contributed by atoms with Gasteiger partial charge in [0.05, 0.1) is 6.10 Å². The van der Waals surface area contributed by atoms with Crippen molar-refractivity contribution in [2.75, 3.05) is 26.2 Å². The molecule has 19 heavy (non-hydrogen) atoms. The van der Waals surface area contributed by atoms with Crippen molar-refractivity contribution in [3.05, 3.63) is 0 Å². The molecule has 2 fully saturated rings. The smallest absolute Gasteiger partial charge is 0.0587 e. The molecule has 3 unspecified atom stereocenters. The number of hydrogen-bond donors (Lipinski definition) is 1. The van der Waals surface area contributed by atoms with E-state index in [1.165, 1.54) is 45.2 Å². The summed E-state index contributed by atoms with van der Waals surface area (Å²) in [5, 5.41) is 3.70. The van der Waals surface area contributed by atoms with Crippen molar-refractivity contribution in [3.8, 4) is 0 Å². The molecule has 0 spiro atoms. The topological polar surface area (TPSA) is 24.5 Å². The van der Waals surface area contributed by atoms with Gasteiger partial charge >= 0.3 is 0 Å². The van der Waals surface area contributed by atoms with Crippen LogP contribution < -0.4 is 5.32 Å². The molecular formula is C16H32N2O. The minimum Gasteiger partial charge on any atom is -0.378 e. The van der Waals surface area contributed by atoms with Gasteiger partial charge in [0.2, 0.25) is 0 Å². The highest BCUT2D eigenvalue weighted by Gasteiger charge is 2.29. The van der Waals surface area contributed by atoms with Crippen molar-refractivity contribution in [2.24, 2.45) is 5.92 Å². The van der Waals surface area contributed by atoms with E-state index < -0.39 is 0 Å². The molecule has 2 heterocycles. The molecule has 2 aliphatic rings. The zero-order valence-electron chi connectivity index (χ0n) is 13.0. The van der Waals surface area contributed by atoms with Crippen molar-refractivity contribution in [1.29, 1.82) is 0 Å². The lowest BCUT2D eigenvalue weighted by atomic mass is 9.96. The molecule has 1 N–H and O–H groups in total. The summed E-state index contributed by atoms with van der Waals surface area (Å²) in [6.07, 6.45) is 6.88. The third-order valence-electron chi connectivity index (χ3n) is 4.81. The summed E-state index contributed by atoms with van der Waals surface area (Å²) in [7, 11) is 0. The Hall–Kier alpha value is -0.120. The minimum atomic E-state index is 0.525. The first-order valence-electron chi connectivity index (χ1n) is 8.29. The zero-order chi connectivity index (χ0) is 13.7. The van der Waals surface area contributed by atoms with Gasteiger partial charge in [-0.1, -0.05) is 20.8 Å². The van der Waals surface area contributed by atoms with Gasteiger partial charge in [-0.25, -0.2) is 0 Å². The van der Waals surface area contributed by atoms with Crippen LogP contribution in [0, 0.1) is 5.92 Å². The molecule has 3 heteroatoms. The van der Waals surface area contributed by atoms with Crippen molar-refractivity contribution >= 4 is 0 Å². The van der Waals surface area contributed by atoms with Crippen LogP contribution in [0.15, 0.2) is 0 Å². The van der Waals surface area contributed by atoms with E-state index in [9.17, 15) is 0 Å². The SMILES string of the molecule is CCC1CN(CCC2CCCCO2)C(C(C)C)CN1. The van der Waals surface area contributed by atoms with Gasteiger partial charge in [-0.15, -0.1) is 0 Å². The third kappa shape index (κ3) is 4.44. The average Bonchev–Trinajstić information content (AvgIpc) is 2.45. The van der Waals surface area contributed by atoms with Gasteiger partial charge in [-0.2, -0.15) is 0 Å². The zero-order valence-corrected chi connectivity index (χ0v) is 13.0. The molecule has 0 bridgehead atoms. The van der Waals surface area contributed by atoms with Gasteiger partial charge in [-0.05, 0) is 38.0 Å². The summed E-state index contributed by atoms with van der Waals surface area (Å²) in [6, 6.07) is 1.38. The standard InChI is InChI=1S/C16H32N2O/c1-4-14-12-18(16(11-17-14)13(2)3)9-8-15-7-5-6-10-19-15/h13-17H,4-12H2,1-3H3. The van der Waals surface area contributed by atoms with Crippen LogP contribution in [-0.4, -0.2) is 49.3 Å². The van der Waals surface area contributed by atoms with Crippen LogP contribution >= 0.6 is 0 Å².